The van der Waals surface area contributed by atoms with Crippen molar-refractivity contribution in [2.45, 2.75) is 25.6 Å². The van der Waals surface area contributed by atoms with Gasteiger partial charge in [0, 0.05) is 27.3 Å². The van der Waals surface area contributed by atoms with Crippen LogP contribution < -0.4 is 0 Å². The maximum Gasteiger partial charge on any atom is 0.329 e. The molecule has 3 amide bonds. The predicted molar refractivity (Wildman–Crippen MR) is 140 cm³/mol. The largest absolute Gasteiger partial charge is 0.458 e. The monoisotopic (exact) mass is 558 g/mol. The number of para-hydroxylation sites is 1. The zero-order valence-corrected chi connectivity index (χ0v) is 21.9. The average Bonchev–Trinajstić information content (AvgIpc) is 3.79. The molecule has 1 atom stereocenters. The van der Waals surface area contributed by atoms with Gasteiger partial charge in [-0.05, 0) is 41.9 Å². The number of furan rings is 1. The van der Waals surface area contributed by atoms with Gasteiger partial charge in [-0.15, -0.1) is 0 Å². The van der Waals surface area contributed by atoms with Crippen molar-refractivity contribution in [1.82, 2.24) is 30.1 Å². The van der Waals surface area contributed by atoms with Gasteiger partial charge in [-0.3, -0.25) is 14.6 Å². The third-order valence-electron chi connectivity index (χ3n) is 6.65. The number of aromatic nitrogens is 4. The quantitative estimate of drug-likeness (QED) is 0.232. The van der Waals surface area contributed by atoms with E-state index in [9.17, 15) is 9.59 Å². The molecule has 7 rings (SSSR count). The first kappa shape index (κ1) is 23.5. The molecule has 1 aliphatic heterocycles. The Kier molecular flexibility index (Phi) is 5.42. The summed E-state index contributed by atoms with van der Waals surface area (Å²) in [4.78, 5) is 39.1. The van der Waals surface area contributed by atoms with Crippen LogP contribution in [0.2, 0.25) is 0 Å². The summed E-state index contributed by atoms with van der Waals surface area (Å²) in [6.45, 7) is 1.33. The second-order valence-corrected chi connectivity index (χ2v) is 10.6. The fraction of sp³-hybridized carbons (Fsp3) is 0.154. The van der Waals surface area contributed by atoms with Gasteiger partial charge in [0.25, 0.3) is 5.91 Å². The van der Waals surface area contributed by atoms with E-state index in [1.807, 2.05) is 51.9 Å². The van der Waals surface area contributed by atoms with Gasteiger partial charge >= 0.3 is 6.03 Å². The Morgan fingerprint density at radius 1 is 0.872 bits per heavy atom. The van der Waals surface area contributed by atoms with Gasteiger partial charge in [0.15, 0.2) is 5.54 Å². The fourth-order valence-corrected chi connectivity index (χ4v) is 5.82. The van der Waals surface area contributed by atoms with Crippen molar-refractivity contribution in [1.29, 1.82) is 0 Å². The molecule has 11 nitrogen and oxygen atoms in total. The van der Waals surface area contributed by atoms with Crippen LogP contribution in [0.1, 0.15) is 24.5 Å². The van der Waals surface area contributed by atoms with E-state index in [2.05, 4.69) is 20.3 Å². The Balaban J connectivity index is 1.25. The number of hydrogen-bond donors (Lipinski definition) is 0. The Bertz CT molecular complexity index is 1770. The van der Waals surface area contributed by atoms with E-state index in [1.54, 1.807) is 19.1 Å². The van der Waals surface area contributed by atoms with Gasteiger partial charge in [-0.2, -0.15) is 32.6 Å². The third-order valence-corrected chi connectivity index (χ3v) is 8.02. The highest BCUT2D eigenvalue weighted by atomic mass is 32.1. The molecule has 1 fully saturated rings. The van der Waals surface area contributed by atoms with Gasteiger partial charge < -0.3 is 13.5 Å². The summed E-state index contributed by atoms with van der Waals surface area (Å²) >= 11 is 3.01. The van der Waals surface area contributed by atoms with Crippen LogP contribution in [0.25, 0.3) is 33.7 Å². The van der Waals surface area contributed by atoms with Crippen LogP contribution in [0.15, 0.2) is 77.4 Å². The molecular weight excluding hydrogens is 540 g/mol. The lowest BCUT2D eigenvalue weighted by Crippen LogP contribution is -2.43. The number of urea groups is 1. The molecule has 0 radical (unpaired) electrons. The summed E-state index contributed by atoms with van der Waals surface area (Å²) in [6.07, 6.45) is 0. The van der Waals surface area contributed by atoms with Gasteiger partial charge in [0.1, 0.15) is 24.4 Å². The number of carbonyl (C=O) groups is 2. The standard InChI is InChI=1S/C26H18N6O5S2/c1-26(19-10-15-4-2-3-5-18(15)35-19)24(33)31(11-20-27-22(29-36-20)16-6-8-38-13-16)25(34)32(26)12-21-28-23(30-37-21)17-7-9-39-14-17/h2-10,13-14H,11-12H2,1H3/t26-/m0/s1. The molecule has 13 heteroatoms. The Morgan fingerprint density at radius 3 is 2.13 bits per heavy atom. The molecule has 1 saturated heterocycles. The average molecular weight is 559 g/mol. The van der Waals surface area contributed by atoms with E-state index in [-0.39, 0.29) is 24.9 Å². The van der Waals surface area contributed by atoms with Crippen LogP contribution in [-0.2, 0) is 23.4 Å². The van der Waals surface area contributed by atoms with E-state index in [0.29, 0.717) is 23.0 Å². The Morgan fingerprint density at radius 2 is 1.51 bits per heavy atom. The minimum absolute atomic E-state index is 0.115. The molecule has 6 heterocycles. The number of amides is 3. The van der Waals surface area contributed by atoms with E-state index >= 15 is 0 Å². The number of fused-ring (bicyclic) bond motifs is 1. The second kappa shape index (κ2) is 8.99. The molecule has 1 aliphatic rings. The molecule has 5 aromatic heterocycles. The number of thiophene rings is 2. The minimum atomic E-state index is -1.50. The van der Waals surface area contributed by atoms with Crippen molar-refractivity contribution in [3.8, 4) is 22.8 Å². The molecule has 39 heavy (non-hydrogen) atoms. The van der Waals surface area contributed by atoms with Gasteiger partial charge in [-0.1, -0.05) is 28.5 Å². The third kappa shape index (κ3) is 3.85. The number of nitrogens with zero attached hydrogens (tertiary/aromatic N) is 6. The first-order valence-corrected chi connectivity index (χ1v) is 13.7. The predicted octanol–water partition coefficient (Wildman–Crippen LogP) is 5.54. The zero-order chi connectivity index (χ0) is 26.6. The summed E-state index contributed by atoms with van der Waals surface area (Å²) in [7, 11) is 0. The van der Waals surface area contributed by atoms with Crippen LogP contribution in [0, 0.1) is 0 Å². The topological polar surface area (TPSA) is 132 Å². The van der Waals surface area contributed by atoms with Crippen molar-refractivity contribution in [3.63, 3.8) is 0 Å². The van der Waals surface area contributed by atoms with E-state index in [1.165, 1.54) is 27.6 Å². The maximum absolute atomic E-state index is 14.0. The van der Waals surface area contributed by atoms with E-state index in [4.69, 9.17) is 13.5 Å². The van der Waals surface area contributed by atoms with Crippen LogP contribution in [-0.4, -0.2) is 42.0 Å². The van der Waals surface area contributed by atoms with Crippen molar-refractivity contribution in [3.05, 3.63) is 81.5 Å². The minimum Gasteiger partial charge on any atom is -0.458 e. The molecule has 0 unspecified atom stereocenters. The first-order valence-electron chi connectivity index (χ1n) is 11.8. The second-order valence-electron chi connectivity index (χ2n) is 9.03. The molecule has 6 aromatic rings. The summed E-state index contributed by atoms with van der Waals surface area (Å²) in [5.74, 6) is 0.904. The van der Waals surface area contributed by atoms with Crippen molar-refractivity contribution < 1.29 is 23.1 Å². The zero-order valence-electron chi connectivity index (χ0n) is 20.3. The van der Waals surface area contributed by atoms with E-state index < -0.39 is 17.5 Å². The summed E-state index contributed by atoms with van der Waals surface area (Å²) < 4.78 is 17.0. The van der Waals surface area contributed by atoms with Crippen molar-refractivity contribution in [2.24, 2.45) is 0 Å². The molecule has 1 aromatic carbocycles. The summed E-state index contributed by atoms with van der Waals surface area (Å²) in [5.41, 5.74) is 0.699. The van der Waals surface area contributed by atoms with Crippen molar-refractivity contribution >= 4 is 45.6 Å². The number of carbonyl (C=O) groups excluding carboxylic acids is 2. The van der Waals surface area contributed by atoms with Crippen LogP contribution in [0.4, 0.5) is 4.79 Å². The maximum atomic E-state index is 14.0. The highest BCUT2D eigenvalue weighted by Crippen LogP contribution is 2.41. The highest BCUT2D eigenvalue weighted by molar-refractivity contribution is 7.08. The lowest BCUT2D eigenvalue weighted by molar-refractivity contribution is -0.134. The Hall–Kier alpha value is -4.62. The van der Waals surface area contributed by atoms with Gasteiger partial charge in [-0.25, -0.2) is 4.79 Å². The summed E-state index contributed by atoms with van der Waals surface area (Å²) in [5, 5.41) is 16.4. The number of rotatable bonds is 7. The number of imide groups is 1. The molecule has 0 saturated carbocycles. The molecule has 0 N–H and O–H groups in total. The number of hydrogen-bond acceptors (Lipinski definition) is 11. The smallest absolute Gasteiger partial charge is 0.329 e. The molecule has 194 valence electrons. The Labute approximate surface area is 228 Å². The van der Waals surface area contributed by atoms with Gasteiger partial charge in [0.2, 0.25) is 23.4 Å². The molecular formula is C26H18N6O5S2. The highest BCUT2D eigenvalue weighted by Gasteiger charge is 2.58. The lowest BCUT2D eigenvalue weighted by Gasteiger charge is -2.28. The van der Waals surface area contributed by atoms with Crippen LogP contribution >= 0.6 is 22.7 Å². The number of benzene rings is 1. The normalized spacial score (nSPS) is 17.7. The van der Waals surface area contributed by atoms with Crippen molar-refractivity contribution in [2.75, 3.05) is 0 Å². The van der Waals surface area contributed by atoms with Gasteiger partial charge in [0.05, 0.1) is 0 Å². The van der Waals surface area contributed by atoms with Crippen LogP contribution in [0.3, 0.4) is 0 Å². The van der Waals surface area contributed by atoms with E-state index in [0.717, 1.165) is 21.4 Å². The van der Waals surface area contributed by atoms with Crippen LogP contribution in [0.5, 0.6) is 0 Å². The summed E-state index contributed by atoms with van der Waals surface area (Å²) in [6, 6.07) is 12.3. The SMILES string of the molecule is C[C@]1(c2cc3ccccc3o2)C(=O)N(Cc2nc(-c3ccsc3)no2)C(=O)N1Cc1nc(-c2ccsc2)no1. The fourth-order valence-electron chi connectivity index (χ4n) is 4.55. The lowest BCUT2D eigenvalue weighted by atomic mass is 9.96. The first-order chi connectivity index (χ1) is 19.0. The molecule has 0 aliphatic carbocycles. The molecule has 0 bridgehead atoms. The molecule has 0 spiro atoms.